The van der Waals surface area contributed by atoms with E-state index in [9.17, 15) is 9.59 Å². The van der Waals surface area contributed by atoms with E-state index in [0.29, 0.717) is 11.1 Å². The third-order valence-electron chi connectivity index (χ3n) is 3.57. The number of carboxylic acids is 1. The minimum absolute atomic E-state index is 0.00777. The summed E-state index contributed by atoms with van der Waals surface area (Å²) in [5, 5.41) is 8.71. The van der Waals surface area contributed by atoms with Gasteiger partial charge in [-0.3, -0.25) is 9.59 Å². The number of ketones is 1. The fourth-order valence-corrected chi connectivity index (χ4v) is 3.77. The van der Waals surface area contributed by atoms with Gasteiger partial charge in [0, 0.05) is 25.8 Å². The van der Waals surface area contributed by atoms with Gasteiger partial charge >= 0.3 is 5.97 Å². The normalized spacial score (nSPS) is 10.5. The molecule has 1 N–H and O–H groups in total. The lowest BCUT2D eigenvalue weighted by Crippen LogP contribution is -2.01. The van der Waals surface area contributed by atoms with Crippen LogP contribution in [-0.4, -0.2) is 22.6 Å². The Hall–Kier alpha value is -2.50. The average molecular weight is 380 g/mol. The third-order valence-corrected chi connectivity index (χ3v) is 5.59. The summed E-state index contributed by atoms with van der Waals surface area (Å²) in [4.78, 5) is 26.2. The first-order valence-electron chi connectivity index (χ1n) is 7.94. The summed E-state index contributed by atoms with van der Waals surface area (Å²) in [6, 6.07) is 24.7. The number of aliphatic carboxylic acids is 1. The van der Waals surface area contributed by atoms with Crippen LogP contribution in [0.1, 0.15) is 15.9 Å². The Balaban J connectivity index is 1.66. The summed E-state index contributed by atoms with van der Waals surface area (Å²) in [7, 11) is 0. The van der Waals surface area contributed by atoms with Crippen LogP contribution in [0.3, 0.4) is 0 Å². The van der Waals surface area contributed by atoms with E-state index in [1.807, 2.05) is 54.6 Å². The SMILES string of the molecule is O=C(O)CSc1ccc(C(=O)c2ccc(Sc3ccccc3)cc2)cc1. The fourth-order valence-electron chi connectivity index (χ4n) is 2.31. The van der Waals surface area contributed by atoms with Crippen LogP contribution in [0.25, 0.3) is 0 Å². The first-order chi connectivity index (χ1) is 12.6. The molecule has 0 saturated carbocycles. The van der Waals surface area contributed by atoms with E-state index in [2.05, 4.69) is 0 Å². The van der Waals surface area contributed by atoms with Gasteiger partial charge in [0.05, 0.1) is 5.75 Å². The number of carboxylic acid groups (broad SMARTS) is 1. The van der Waals surface area contributed by atoms with E-state index in [-0.39, 0.29) is 11.5 Å². The second kappa shape index (κ2) is 8.74. The van der Waals surface area contributed by atoms with Crippen molar-refractivity contribution in [2.75, 3.05) is 5.75 Å². The first-order valence-corrected chi connectivity index (χ1v) is 9.74. The molecule has 130 valence electrons. The van der Waals surface area contributed by atoms with Crippen molar-refractivity contribution in [2.24, 2.45) is 0 Å². The zero-order valence-corrected chi connectivity index (χ0v) is 15.4. The molecule has 26 heavy (non-hydrogen) atoms. The Morgan fingerprint density at radius 3 is 1.73 bits per heavy atom. The van der Waals surface area contributed by atoms with Crippen LogP contribution in [0, 0.1) is 0 Å². The molecule has 0 amide bonds. The second-order valence-electron chi connectivity index (χ2n) is 5.48. The van der Waals surface area contributed by atoms with Gasteiger partial charge in [0.25, 0.3) is 0 Å². The monoisotopic (exact) mass is 380 g/mol. The predicted octanol–water partition coefficient (Wildman–Crippen LogP) is 5.25. The maximum absolute atomic E-state index is 12.6. The van der Waals surface area contributed by atoms with Crippen molar-refractivity contribution in [1.82, 2.24) is 0 Å². The van der Waals surface area contributed by atoms with Gasteiger partial charge in [0.15, 0.2) is 5.78 Å². The van der Waals surface area contributed by atoms with E-state index < -0.39 is 5.97 Å². The summed E-state index contributed by atoms with van der Waals surface area (Å²) in [5.41, 5.74) is 1.22. The number of thioether (sulfide) groups is 1. The number of carbonyl (C=O) groups is 2. The van der Waals surface area contributed by atoms with Gasteiger partial charge in [0.1, 0.15) is 0 Å². The molecule has 0 unspecified atom stereocenters. The van der Waals surface area contributed by atoms with Gasteiger partial charge in [-0.1, -0.05) is 30.0 Å². The van der Waals surface area contributed by atoms with Crippen molar-refractivity contribution < 1.29 is 14.7 Å². The quantitative estimate of drug-likeness (QED) is 0.448. The molecule has 0 saturated heterocycles. The summed E-state index contributed by atoms with van der Waals surface area (Å²) >= 11 is 2.89. The van der Waals surface area contributed by atoms with Gasteiger partial charge < -0.3 is 5.11 Å². The number of hydrogen-bond donors (Lipinski definition) is 1. The van der Waals surface area contributed by atoms with Crippen molar-refractivity contribution in [3.05, 3.63) is 90.0 Å². The smallest absolute Gasteiger partial charge is 0.313 e. The van der Waals surface area contributed by atoms with Crippen molar-refractivity contribution >= 4 is 35.3 Å². The van der Waals surface area contributed by atoms with E-state index in [4.69, 9.17) is 5.11 Å². The van der Waals surface area contributed by atoms with Gasteiger partial charge in [-0.05, 0) is 60.7 Å². The Morgan fingerprint density at radius 1 is 0.692 bits per heavy atom. The molecule has 3 aromatic rings. The van der Waals surface area contributed by atoms with Crippen LogP contribution in [0.2, 0.25) is 0 Å². The largest absolute Gasteiger partial charge is 0.481 e. The molecule has 0 radical (unpaired) electrons. The van der Waals surface area contributed by atoms with Crippen LogP contribution in [0.15, 0.2) is 93.5 Å². The molecule has 0 aromatic heterocycles. The maximum atomic E-state index is 12.6. The maximum Gasteiger partial charge on any atom is 0.313 e. The number of benzene rings is 3. The molecular formula is C21H16O3S2. The number of carbonyl (C=O) groups excluding carboxylic acids is 1. The van der Waals surface area contributed by atoms with Crippen LogP contribution in [0.5, 0.6) is 0 Å². The van der Waals surface area contributed by atoms with E-state index in [0.717, 1.165) is 14.7 Å². The summed E-state index contributed by atoms with van der Waals surface area (Å²) in [6.45, 7) is 0. The van der Waals surface area contributed by atoms with Crippen LogP contribution in [0.4, 0.5) is 0 Å². The molecule has 3 aromatic carbocycles. The molecular weight excluding hydrogens is 364 g/mol. The highest BCUT2D eigenvalue weighted by molar-refractivity contribution is 8.00. The molecule has 5 heteroatoms. The molecule has 0 aliphatic rings. The van der Waals surface area contributed by atoms with E-state index in [1.54, 1.807) is 36.0 Å². The lowest BCUT2D eigenvalue weighted by atomic mass is 10.0. The Morgan fingerprint density at radius 2 is 1.19 bits per heavy atom. The standard InChI is InChI=1S/C21H16O3S2/c22-20(23)14-25-17-10-6-15(7-11-17)21(24)16-8-12-19(13-9-16)26-18-4-2-1-3-5-18/h1-13H,14H2,(H,22,23). The summed E-state index contributed by atoms with van der Waals surface area (Å²) < 4.78 is 0. The predicted molar refractivity (Wildman–Crippen MR) is 105 cm³/mol. The molecule has 3 rings (SSSR count). The Labute approximate surface area is 160 Å². The number of rotatable bonds is 7. The third kappa shape index (κ3) is 5.00. The second-order valence-corrected chi connectivity index (χ2v) is 7.67. The van der Waals surface area contributed by atoms with Gasteiger partial charge in [-0.25, -0.2) is 0 Å². The zero-order valence-electron chi connectivity index (χ0n) is 13.8. The molecule has 0 fully saturated rings. The highest BCUT2D eigenvalue weighted by Crippen LogP contribution is 2.28. The summed E-state index contributed by atoms with van der Waals surface area (Å²) in [6.07, 6.45) is 0. The van der Waals surface area contributed by atoms with E-state index >= 15 is 0 Å². The Kier molecular flexibility index (Phi) is 6.15. The van der Waals surface area contributed by atoms with E-state index in [1.165, 1.54) is 11.8 Å². The van der Waals surface area contributed by atoms with Gasteiger partial charge in [-0.15, -0.1) is 11.8 Å². The van der Waals surface area contributed by atoms with Crippen molar-refractivity contribution in [2.45, 2.75) is 14.7 Å². The molecule has 0 atom stereocenters. The lowest BCUT2D eigenvalue weighted by molar-refractivity contribution is -0.133. The topological polar surface area (TPSA) is 54.4 Å². The fraction of sp³-hybridized carbons (Fsp3) is 0.0476. The Bertz CT molecular complexity index is 889. The van der Waals surface area contributed by atoms with Crippen molar-refractivity contribution in [1.29, 1.82) is 0 Å². The average Bonchev–Trinajstić information content (AvgIpc) is 2.68. The minimum atomic E-state index is -0.858. The van der Waals surface area contributed by atoms with Crippen LogP contribution >= 0.6 is 23.5 Å². The zero-order chi connectivity index (χ0) is 18.4. The van der Waals surface area contributed by atoms with Gasteiger partial charge in [0.2, 0.25) is 0 Å². The first kappa shape index (κ1) is 18.3. The van der Waals surface area contributed by atoms with Crippen LogP contribution < -0.4 is 0 Å². The van der Waals surface area contributed by atoms with Crippen molar-refractivity contribution in [3.63, 3.8) is 0 Å². The van der Waals surface area contributed by atoms with Crippen molar-refractivity contribution in [3.8, 4) is 0 Å². The molecule has 0 heterocycles. The number of hydrogen-bond acceptors (Lipinski definition) is 4. The minimum Gasteiger partial charge on any atom is -0.481 e. The highest BCUT2D eigenvalue weighted by atomic mass is 32.2. The molecule has 0 spiro atoms. The lowest BCUT2D eigenvalue weighted by Gasteiger charge is -2.05. The molecule has 3 nitrogen and oxygen atoms in total. The van der Waals surface area contributed by atoms with Crippen LogP contribution in [-0.2, 0) is 4.79 Å². The summed E-state index contributed by atoms with van der Waals surface area (Å²) in [5.74, 6) is -0.895. The molecule has 0 bridgehead atoms. The molecule has 0 aliphatic heterocycles. The van der Waals surface area contributed by atoms with Gasteiger partial charge in [-0.2, -0.15) is 0 Å². The highest BCUT2D eigenvalue weighted by Gasteiger charge is 2.10. The molecule has 0 aliphatic carbocycles.